The van der Waals surface area contributed by atoms with E-state index in [2.05, 4.69) is 20.7 Å². The Morgan fingerprint density at radius 3 is 2.00 bits per heavy atom. The molecule has 0 saturated heterocycles. The summed E-state index contributed by atoms with van der Waals surface area (Å²) in [5, 5.41) is 8.56. The van der Waals surface area contributed by atoms with Crippen molar-refractivity contribution < 1.29 is 19.1 Å². The zero-order valence-electron chi connectivity index (χ0n) is 15.8. The maximum absolute atomic E-state index is 11.9. The van der Waals surface area contributed by atoms with Crippen LogP contribution in [0.4, 0.5) is 4.79 Å². The van der Waals surface area contributed by atoms with E-state index in [0.717, 1.165) is 5.56 Å². The molecule has 1 aromatic rings. The Balaban J connectivity index is 2.40. The highest BCUT2D eigenvalue weighted by molar-refractivity contribution is 7.81. The second-order valence-electron chi connectivity index (χ2n) is 5.91. The fourth-order valence-electron chi connectivity index (χ4n) is 1.99. The number of hydrogen-bond donors (Lipinski definition) is 3. The Kier molecular flexibility index (Phi) is 9.66. The molecule has 7 nitrogen and oxygen atoms in total. The quantitative estimate of drug-likeness (QED) is 0.443. The van der Waals surface area contributed by atoms with Gasteiger partial charge in [-0.3, -0.25) is 0 Å². The molecule has 9 heteroatoms. The van der Waals surface area contributed by atoms with E-state index in [1.165, 1.54) is 7.11 Å². The second kappa shape index (κ2) is 11.5. The summed E-state index contributed by atoms with van der Waals surface area (Å²) in [5.41, 5.74) is 0.894. The lowest BCUT2D eigenvalue weighted by atomic mass is 10.2. The lowest BCUT2D eigenvalue weighted by molar-refractivity contribution is -0.142. The molecule has 148 valence electrons. The van der Waals surface area contributed by atoms with Crippen LogP contribution in [0.2, 0.25) is 0 Å². The van der Waals surface area contributed by atoms with Crippen LogP contribution in [0.15, 0.2) is 30.3 Å². The first-order chi connectivity index (χ1) is 12.7. The summed E-state index contributed by atoms with van der Waals surface area (Å²) in [5.74, 6) is -0.414. The van der Waals surface area contributed by atoms with Crippen molar-refractivity contribution in [1.29, 1.82) is 0 Å². The lowest BCUT2D eigenvalue weighted by Gasteiger charge is -2.23. The molecule has 0 fully saturated rings. The summed E-state index contributed by atoms with van der Waals surface area (Å²) in [7, 11) is 1.31. The minimum absolute atomic E-state index is 0.176. The molecule has 1 aromatic carbocycles. The number of ether oxygens (including phenoxy) is 2. The summed E-state index contributed by atoms with van der Waals surface area (Å²) in [6.45, 7) is 5.36. The average Bonchev–Trinajstić information content (AvgIpc) is 2.66. The van der Waals surface area contributed by atoms with Crippen molar-refractivity contribution in [1.82, 2.24) is 16.0 Å². The molecule has 0 radical (unpaired) electrons. The monoisotopic (exact) mass is 411 g/mol. The highest BCUT2D eigenvalue weighted by Gasteiger charge is 2.20. The molecule has 0 aliphatic rings. The SMILES string of the molecule is COC(=O)[C@H](C)NC(=S)[C@H](C)NC(=S)[C@H](C)NC(=O)OCc1ccccc1. The molecular weight excluding hydrogens is 386 g/mol. The molecular formula is C18H25N3O4S2. The number of carbonyl (C=O) groups excluding carboxylic acids is 2. The minimum Gasteiger partial charge on any atom is -0.467 e. The number of methoxy groups -OCH3 is 1. The van der Waals surface area contributed by atoms with Crippen molar-refractivity contribution in [2.24, 2.45) is 0 Å². The van der Waals surface area contributed by atoms with Gasteiger partial charge in [-0.1, -0.05) is 54.8 Å². The standard InChI is InChI=1S/C18H25N3O4S2/c1-11(15(26)20-13(3)17(22)24-4)19-16(27)12(2)21-18(23)25-10-14-8-6-5-7-9-14/h5-9,11-13H,10H2,1-4H3,(H,19,27)(H,20,26)(H,21,23)/t11-,12-,13-/m0/s1. The van der Waals surface area contributed by atoms with Gasteiger partial charge in [0.25, 0.3) is 0 Å². The zero-order valence-corrected chi connectivity index (χ0v) is 17.4. The summed E-state index contributed by atoms with van der Waals surface area (Å²) in [4.78, 5) is 24.1. The zero-order chi connectivity index (χ0) is 20.4. The van der Waals surface area contributed by atoms with Gasteiger partial charge in [-0.05, 0) is 26.3 Å². The molecule has 0 spiro atoms. The molecule has 0 aliphatic heterocycles. The first kappa shape index (κ1) is 22.8. The third-order valence-corrected chi connectivity index (χ3v) is 4.55. The number of thiocarbonyl (C=S) groups is 2. The molecule has 0 aromatic heterocycles. The smallest absolute Gasteiger partial charge is 0.408 e. The highest BCUT2D eigenvalue weighted by atomic mass is 32.1. The van der Waals surface area contributed by atoms with E-state index in [9.17, 15) is 9.59 Å². The number of esters is 1. The largest absolute Gasteiger partial charge is 0.467 e. The van der Waals surface area contributed by atoms with Gasteiger partial charge in [-0.25, -0.2) is 9.59 Å². The Morgan fingerprint density at radius 2 is 1.44 bits per heavy atom. The van der Waals surface area contributed by atoms with Crippen LogP contribution in [0.1, 0.15) is 26.3 Å². The van der Waals surface area contributed by atoms with Gasteiger partial charge in [-0.2, -0.15) is 0 Å². The highest BCUT2D eigenvalue weighted by Crippen LogP contribution is 2.01. The Hall–Kier alpha value is -2.26. The molecule has 1 amide bonds. The first-order valence-electron chi connectivity index (χ1n) is 8.40. The summed E-state index contributed by atoms with van der Waals surface area (Å²) in [6, 6.07) is 8.03. The van der Waals surface area contributed by atoms with Crippen LogP contribution in [0.25, 0.3) is 0 Å². The van der Waals surface area contributed by atoms with Gasteiger partial charge in [0.1, 0.15) is 12.6 Å². The van der Waals surface area contributed by atoms with E-state index in [4.69, 9.17) is 29.2 Å². The van der Waals surface area contributed by atoms with Gasteiger partial charge < -0.3 is 25.4 Å². The van der Waals surface area contributed by atoms with E-state index in [-0.39, 0.29) is 12.6 Å². The molecule has 0 unspecified atom stereocenters. The van der Waals surface area contributed by atoms with Crippen molar-refractivity contribution >= 4 is 46.5 Å². The Labute approximate surface area is 170 Å². The van der Waals surface area contributed by atoms with Crippen LogP contribution in [0, 0.1) is 0 Å². The van der Waals surface area contributed by atoms with Gasteiger partial charge >= 0.3 is 12.1 Å². The molecule has 0 saturated carbocycles. The van der Waals surface area contributed by atoms with Crippen molar-refractivity contribution in [2.75, 3.05) is 7.11 Å². The molecule has 27 heavy (non-hydrogen) atoms. The fourth-order valence-corrected chi connectivity index (χ4v) is 2.46. The van der Waals surface area contributed by atoms with E-state index in [1.807, 2.05) is 30.3 Å². The molecule has 1 rings (SSSR count). The van der Waals surface area contributed by atoms with Crippen molar-refractivity contribution in [3.05, 3.63) is 35.9 Å². The maximum atomic E-state index is 11.9. The van der Waals surface area contributed by atoms with Gasteiger partial charge in [0.15, 0.2) is 0 Å². The van der Waals surface area contributed by atoms with Crippen LogP contribution in [-0.4, -0.2) is 47.3 Å². The molecule has 3 atom stereocenters. The van der Waals surface area contributed by atoms with Gasteiger partial charge in [-0.15, -0.1) is 0 Å². The van der Waals surface area contributed by atoms with E-state index in [1.54, 1.807) is 20.8 Å². The van der Waals surface area contributed by atoms with Crippen LogP contribution in [0.3, 0.4) is 0 Å². The van der Waals surface area contributed by atoms with E-state index < -0.39 is 24.1 Å². The number of carbonyl (C=O) groups is 2. The fraction of sp³-hybridized carbons (Fsp3) is 0.444. The Morgan fingerprint density at radius 1 is 0.926 bits per heavy atom. The van der Waals surface area contributed by atoms with Crippen molar-refractivity contribution in [3.63, 3.8) is 0 Å². The molecule has 0 aliphatic carbocycles. The number of nitrogens with one attached hydrogen (secondary N) is 3. The summed E-state index contributed by atoms with van der Waals surface area (Å²) in [6.07, 6.45) is -0.567. The van der Waals surface area contributed by atoms with Crippen LogP contribution in [0.5, 0.6) is 0 Å². The predicted octanol–water partition coefficient (Wildman–Crippen LogP) is 2.09. The molecule has 3 N–H and O–H groups in total. The second-order valence-corrected chi connectivity index (χ2v) is 6.79. The van der Waals surface area contributed by atoms with Crippen molar-refractivity contribution in [2.45, 2.75) is 45.5 Å². The van der Waals surface area contributed by atoms with Crippen LogP contribution >= 0.6 is 24.4 Å². The summed E-state index contributed by atoms with van der Waals surface area (Å²) >= 11 is 10.6. The predicted molar refractivity (Wildman–Crippen MR) is 112 cm³/mol. The lowest BCUT2D eigenvalue weighted by Crippen LogP contribution is -2.52. The van der Waals surface area contributed by atoms with Gasteiger partial charge in [0, 0.05) is 0 Å². The third kappa shape index (κ3) is 8.31. The number of rotatable bonds is 8. The number of hydrogen-bond acceptors (Lipinski definition) is 6. The van der Waals surface area contributed by atoms with E-state index in [0.29, 0.717) is 9.98 Å². The molecule has 0 bridgehead atoms. The first-order valence-corrected chi connectivity index (χ1v) is 9.22. The Bertz CT molecular complexity index is 670. The topological polar surface area (TPSA) is 88.7 Å². The number of alkyl carbamates (subject to hydrolysis) is 1. The minimum atomic E-state index is -0.567. The normalized spacial score (nSPS) is 13.5. The molecule has 0 heterocycles. The van der Waals surface area contributed by atoms with Gasteiger partial charge in [0.05, 0.1) is 29.2 Å². The number of amides is 1. The van der Waals surface area contributed by atoms with E-state index >= 15 is 0 Å². The maximum Gasteiger partial charge on any atom is 0.408 e. The summed E-state index contributed by atoms with van der Waals surface area (Å²) < 4.78 is 9.81. The third-order valence-electron chi connectivity index (χ3n) is 3.61. The van der Waals surface area contributed by atoms with Crippen LogP contribution < -0.4 is 16.0 Å². The van der Waals surface area contributed by atoms with Gasteiger partial charge in [0.2, 0.25) is 0 Å². The van der Waals surface area contributed by atoms with Crippen LogP contribution in [-0.2, 0) is 20.9 Å². The number of benzene rings is 1. The van der Waals surface area contributed by atoms with Crippen molar-refractivity contribution in [3.8, 4) is 0 Å². The average molecular weight is 412 g/mol.